The standard InChI is InChI=1S/C19H22N2O4/c1-4-24-18-11-15(7-10-17(18)22)12-20-21-19(23)14(3)25-16-8-5-13(2)6-9-16/h5-12,14,22H,4H2,1-3H3,(H,21,23)/b20-12+/t14-/m1/s1. The lowest BCUT2D eigenvalue weighted by Crippen LogP contribution is -2.33. The van der Waals surface area contributed by atoms with Gasteiger partial charge in [0.1, 0.15) is 5.75 Å². The molecule has 2 rings (SSSR count). The summed E-state index contributed by atoms with van der Waals surface area (Å²) in [5.74, 6) is 0.690. The number of hydrogen-bond donors (Lipinski definition) is 2. The molecule has 6 nitrogen and oxygen atoms in total. The molecule has 132 valence electrons. The molecular weight excluding hydrogens is 320 g/mol. The van der Waals surface area contributed by atoms with Crippen molar-refractivity contribution in [2.45, 2.75) is 26.9 Å². The van der Waals surface area contributed by atoms with E-state index in [9.17, 15) is 9.90 Å². The molecule has 0 aliphatic heterocycles. The summed E-state index contributed by atoms with van der Waals surface area (Å²) in [5, 5.41) is 13.6. The van der Waals surface area contributed by atoms with E-state index in [1.54, 1.807) is 19.1 Å². The van der Waals surface area contributed by atoms with Crippen LogP contribution in [0, 0.1) is 6.92 Å². The van der Waals surface area contributed by atoms with Crippen molar-refractivity contribution < 1.29 is 19.4 Å². The normalized spacial score (nSPS) is 12.0. The molecule has 2 N–H and O–H groups in total. The van der Waals surface area contributed by atoms with Crippen LogP contribution >= 0.6 is 0 Å². The van der Waals surface area contributed by atoms with Gasteiger partial charge >= 0.3 is 0 Å². The van der Waals surface area contributed by atoms with Crippen molar-refractivity contribution in [2.24, 2.45) is 5.10 Å². The minimum atomic E-state index is -0.682. The predicted octanol–water partition coefficient (Wildman–Crippen LogP) is 3.02. The number of aryl methyl sites for hydroxylation is 1. The lowest BCUT2D eigenvalue weighted by Gasteiger charge is -2.13. The van der Waals surface area contributed by atoms with E-state index < -0.39 is 6.10 Å². The fourth-order valence-corrected chi connectivity index (χ4v) is 2.02. The molecular formula is C19H22N2O4. The number of hydrogen-bond acceptors (Lipinski definition) is 5. The quantitative estimate of drug-likeness (QED) is 0.599. The summed E-state index contributed by atoms with van der Waals surface area (Å²) >= 11 is 0. The smallest absolute Gasteiger partial charge is 0.280 e. The van der Waals surface area contributed by atoms with Crippen LogP contribution in [0.15, 0.2) is 47.6 Å². The van der Waals surface area contributed by atoms with Gasteiger partial charge in [0, 0.05) is 0 Å². The summed E-state index contributed by atoms with van der Waals surface area (Å²) in [4.78, 5) is 12.0. The molecule has 2 aromatic carbocycles. The molecule has 0 bridgehead atoms. The van der Waals surface area contributed by atoms with Gasteiger partial charge in [0.25, 0.3) is 5.91 Å². The third kappa shape index (κ3) is 5.53. The van der Waals surface area contributed by atoms with Crippen molar-refractivity contribution in [1.29, 1.82) is 0 Å². The predicted molar refractivity (Wildman–Crippen MR) is 96.3 cm³/mol. The second-order valence-corrected chi connectivity index (χ2v) is 5.47. The van der Waals surface area contributed by atoms with Gasteiger partial charge in [-0.1, -0.05) is 17.7 Å². The second-order valence-electron chi connectivity index (χ2n) is 5.47. The van der Waals surface area contributed by atoms with Crippen molar-refractivity contribution >= 4 is 12.1 Å². The van der Waals surface area contributed by atoms with E-state index in [-0.39, 0.29) is 11.7 Å². The number of amides is 1. The van der Waals surface area contributed by atoms with E-state index in [0.717, 1.165) is 5.56 Å². The van der Waals surface area contributed by atoms with Gasteiger partial charge in [0.05, 0.1) is 12.8 Å². The Bertz CT molecular complexity index is 742. The maximum atomic E-state index is 12.0. The van der Waals surface area contributed by atoms with E-state index in [4.69, 9.17) is 9.47 Å². The molecule has 0 unspecified atom stereocenters. The molecule has 0 saturated heterocycles. The molecule has 0 heterocycles. The molecule has 0 aliphatic carbocycles. The van der Waals surface area contributed by atoms with Gasteiger partial charge in [-0.2, -0.15) is 5.10 Å². The van der Waals surface area contributed by atoms with Crippen LogP contribution in [0.2, 0.25) is 0 Å². The molecule has 1 amide bonds. The van der Waals surface area contributed by atoms with Gasteiger partial charge in [0.2, 0.25) is 0 Å². The number of ether oxygens (including phenoxy) is 2. The summed E-state index contributed by atoms with van der Waals surface area (Å²) in [6, 6.07) is 12.3. The number of nitrogens with one attached hydrogen (secondary N) is 1. The van der Waals surface area contributed by atoms with Crippen molar-refractivity contribution in [3.05, 3.63) is 53.6 Å². The van der Waals surface area contributed by atoms with E-state index in [0.29, 0.717) is 23.7 Å². The molecule has 0 spiro atoms. The Labute approximate surface area is 147 Å². The van der Waals surface area contributed by atoms with Gasteiger partial charge in [-0.15, -0.1) is 0 Å². The molecule has 0 radical (unpaired) electrons. The van der Waals surface area contributed by atoms with Crippen LogP contribution in [0.3, 0.4) is 0 Å². The number of benzene rings is 2. The van der Waals surface area contributed by atoms with Crippen LogP contribution in [0.4, 0.5) is 0 Å². The summed E-state index contributed by atoms with van der Waals surface area (Å²) in [5.41, 5.74) is 4.24. The lowest BCUT2D eigenvalue weighted by atomic mass is 10.2. The Morgan fingerprint density at radius 2 is 2.00 bits per heavy atom. The minimum absolute atomic E-state index is 0.0585. The van der Waals surface area contributed by atoms with Crippen LogP contribution in [-0.2, 0) is 4.79 Å². The lowest BCUT2D eigenvalue weighted by molar-refractivity contribution is -0.127. The highest BCUT2D eigenvalue weighted by atomic mass is 16.5. The monoisotopic (exact) mass is 342 g/mol. The number of aromatic hydroxyl groups is 1. The highest BCUT2D eigenvalue weighted by Gasteiger charge is 2.13. The van der Waals surface area contributed by atoms with Gasteiger partial charge in [-0.3, -0.25) is 4.79 Å². The maximum absolute atomic E-state index is 12.0. The zero-order valence-corrected chi connectivity index (χ0v) is 14.5. The van der Waals surface area contributed by atoms with E-state index >= 15 is 0 Å². The van der Waals surface area contributed by atoms with Crippen LogP contribution in [-0.4, -0.2) is 29.9 Å². The SMILES string of the molecule is CCOc1cc(/C=N/NC(=O)[C@@H](C)Oc2ccc(C)cc2)ccc1O. The molecule has 2 aromatic rings. The van der Waals surface area contributed by atoms with Crippen molar-refractivity contribution in [3.8, 4) is 17.2 Å². The van der Waals surface area contributed by atoms with Crippen LogP contribution < -0.4 is 14.9 Å². The third-order valence-electron chi connectivity index (χ3n) is 3.38. The number of hydrazone groups is 1. The average Bonchev–Trinajstić information content (AvgIpc) is 2.59. The molecule has 0 saturated carbocycles. The van der Waals surface area contributed by atoms with Crippen LogP contribution in [0.25, 0.3) is 0 Å². The number of phenols is 1. The molecule has 0 aromatic heterocycles. The van der Waals surface area contributed by atoms with Crippen molar-refractivity contribution in [1.82, 2.24) is 5.43 Å². The van der Waals surface area contributed by atoms with Gasteiger partial charge in [0.15, 0.2) is 17.6 Å². The van der Waals surface area contributed by atoms with Gasteiger partial charge in [-0.25, -0.2) is 5.43 Å². The molecule has 1 atom stereocenters. The van der Waals surface area contributed by atoms with Crippen LogP contribution in [0.5, 0.6) is 17.2 Å². The number of phenolic OH excluding ortho intramolecular Hbond substituents is 1. The minimum Gasteiger partial charge on any atom is -0.504 e. The van der Waals surface area contributed by atoms with Gasteiger partial charge < -0.3 is 14.6 Å². The zero-order chi connectivity index (χ0) is 18.2. The van der Waals surface area contributed by atoms with E-state index in [1.807, 2.05) is 38.1 Å². The number of nitrogens with zero attached hydrogens (tertiary/aromatic N) is 1. The fraction of sp³-hybridized carbons (Fsp3) is 0.263. The summed E-state index contributed by atoms with van der Waals surface area (Å²) in [6.07, 6.45) is 0.789. The fourth-order valence-electron chi connectivity index (χ4n) is 2.02. The first-order chi connectivity index (χ1) is 12.0. The Balaban J connectivity index is 1.91. The number of carbonyl (C=O) groups excluding carboxylic acids is 1. The highest BCUT2D eigenvalue weighted by molar-refractivity contribution is 5.84. The highest BCUT2D eigenvalue weighted by Crippen LogP contribution is 2.26. The molecule has 0 fully saturated rings. The first kappa shape index (κ1) is 18.3. The Hall–Kier alpha value is -3.02. The molecule has 0 aliphatic rings. The summed E-state index contributed by atoms with van der Waals surface area (Å²) < 4.78 is 10.9. The topological polar surface area (TPSA) is 80.2 Å². The van der Waals surface area contributed by atoms with E-state index in [2.05, 4.69) is 10.5 Å². The summed E-state index contributed by atoms with van der Waals surface area (Å²) in [7, 11) is 0. The Morgan fingerprint density at radius 1 is 1.28 bits per heavy atom. The van der Waals surface area contributed by atoms with E-state index in [1.165, 1.54) is 12.3 Å². The first-order valence-corrected chi connectivity index (χ1v) is 8.01. The van der Waals surface area contributed by atoms with Crippen molar-refractivity contribution in [2.75, 3.05) is 6.61 Å². The average molecular weight is 342 g/mol. The van der Waals surface area contributed by atoms with Crippen LogP contribution in [0.1, 0.15) is 25.0 Å². The summed E-state index contributed by atoms with van der Waals surface area (Å²) in [6.45, 7) is 5.90. The van der Waals surface area contributed by atoms with Gasteiger partial charge in [-0.05, 0) is 56.7 Å². The third-order valence-corrected chi connectivity index (χ3v) is 3.38. The maximum Gasteiger partial charge on any atom is 0.280 e. The Kier molecular flexibility index (Phi) is 6.39. The Morgan fingerprint density at radius 3 is 2.68 bits per heavy atom. The molecule has 25 heavy (non-hydrogen) atoms. The number of carbonyl (C=O) groups is 1. The second kappa shape index (κ2) is 8.73. The number of rotatable bonds is 7. The largest absolute Gasteiger partial charge is 0.504 e. The molecule has 6 heteroatoms. The van der Waals surface area contributed by atoms with Crippen molar-refractivity contribution in [3.63, 3.8) is 0 Å². The zero-order valence-electron chi connectivity index (χ0n) is 14.5. The first-order valence-electron chi connectivity index (χ1n) is 8.01.